The van der Waals surface area contributed by atoms with Crippen LogP contribution in [0.4, 0.5) is 0 Å². The van der Waals surface area contributed by atoms with Crippen LogP contribution in [0.5, 0.6) is 0 Å². The second-order valence-corrected chi connectivity index (χ2v) is 20.9. The maximum atomic E-state index is 12.9. The van der Waals surface area contributed by atoms with Gasteiger partial charge in [-0.2, -0.15) is 0 Å². The average molecular weight is 1020 g/mol. The molecule has 0 aromatic carbocycles. The summed E-state index contributed by atoms with van der Waals surface area (Å²) in [6, 6.07) is 0. The standard InChI is InChI=1S/C67H118O6/c1-4-7-10-13-16-19-22-25-28-30-32-33-35-36-39-42-45-48-51-54-57-60-66(69)72-63-64(62-71-65(68)59-56-53-50-47-44-41-38-27-24-21-18-15-12-9-6-3)73-67(70)61-58-55-52-49-46-43-40-37-34-31-29-26-23-20-17-14-11-8-5-2/h8,11,17,20,26,29-30,32,34,37,43,46,64H,4-7,9-10,12-16,18-19,21-25,27-28,31,33,35-36,38-42,44-45,47-63H2,1-3H3/b11-8-,20-17-,29-26-,32-30-,37-34-,46-43-. The predicted molar refractivity (Wildman–Crippen MR) is 316 cm³/mol. The zero-order valence-electron chi connectivity index (χ0n) is 48.4. The van der Waals surface area contributed by atoms with Gasteiger partial charge in [0.15, 0.2) is 6.10 Å². The zero-order chi connectivity index (χ0) is 52.9. The number of unbranched alkanes of at least 4 members (excludes halogenated alkanes) is 34. The lowest BCUT2D eigenvalue weighted by Crippen LogP contribution is -2.30. The molecule has 0 bridgehead atoms. The van der Waals surface area contributed by atoms with Crippen LogP contribution in [0.3, 0.4) is 0 Å². The Kier molecular flexibility index (Phi) is 58.7. The van der Waals surface area contributed by atoms with E-state index in [2.05, 4.69) is 93.7 Å². The molecule has 0 aromatic rings. The zero-order valence-corrected chi connectivity index (χ0v) is 48.4. The van der Waals surface area contributed by atoms with Crippen molar-refractivity contribution in [2.45, 2.75) is 322 Å². The summed E-state index contributed by atoms with van der Waals surface area (Å²) < 4.78 is 16.9. The highest BCUT2D eigenvalue weighted by Gasteiger charge is 2.19. The van der Waals surface area contributed by atoms with Crippen molar-refractivity contribution in [2.75, 3.05) is 13.2 Å². The Bertz CT molecular complexity index is 1360. The quantitative estimate of drug-likeness (QED) is 0.0261. The summed E-state index contributed by atoms with van der Waals surface area (Å²) in [5.41, 5.74) is 0. The van der Waals surface area contributed by atoms with E-state index in [-0.39, 0.29) is 31.1 Å². The molecule has 0 aromatic heterocycles. The van der Waals surface area contributed by atoms with Crippen LogP contribution in [0.15, 0.2) is 72.9 Å². The monoisotopic (exact) mass is 1020 g/mol. The molecule has 0 saturated carbocycles. The topological polar surface area (TPSA) is 78.9 Å². The Morgan fingerprint density at radius 1 is 0.288 bits per heavy atom. The van der Waals surface area contributed by atoms with E-state index in [1.54, 1.807) is 0 Å². The van der Waals surface area contributed by atoms with Crippen LogP contribution in [0, 0.1) is 0 Å². The van der Waals surface area contributed by atoms with Gasteiger partial charge < -0.3 is 14.2 Å². The second-order valence-electron chi connectivity index (χ2n) is 20.9. The van der Waals surface area contributed by atoms with E-state index in [0.29, 0.717) is 19.3 Å². The van der Waals surface area contributed by atoms with E-state index >= 15 is 0 Å². The molecule has 0 aliphatic carbocycles. The second kappa shape index (κ2) is 61.4. The molecule has 0 radical (unpaired) electrons. The van der Waals surface area contributed by atoms with Crippen molar-refractivity contribution in [3.8, 4) is 0 Å². The first-order valence-corrected chi connectivity index (χ1v) is 31.4. The highest BCUT2D eigenvalue weighted by molar-refractivity contribution is 5.71. The van der Waals surface area contributed by atoms with Crippen molar-refractivity contribution >= 4 is 17.9 Å². The molecule has 0 heterocycles. The van der Waals surface area contributed by atoms with Crippen molar-refractivity contribution < 1.29 is 28.6 Å². The number of carbonyl (C=O) groups excluding carboxylic acids is 3. The number of carbonyl (C=O) groups is 3. The number of hydrogen-bond donors (Lipinski definition) is 0. The van der Waals surface area contributed by atoms with Gasteiger partial charge in [0.2, 0.25) is 0 Å². The number of allylic oxidation sites excluding steroid dienone is 12. The van der Waals surface area contributed by atoms with E-state index in [4.69, 9.17) is 14.2 Å². The summed E-state index contributed by atoms with van der Waals surface area (Å²) >= 11 is 0. The van der Waals surface area contributed by atoms with Crippen LogP contribution in [0.25, 0.3) is 0 Å². The van der Waals surface area contributed by atoms with Crippen LogP contribution >= 0.6 is 0 Å². The summed E-state index contributed by atoms with van der Waals surface area (Å²) in [5.74, 6) is -0.906. The fourth-order valence-electron chi connectivity index (χ4n) is 9.00. The first-order valence-electron chi connectivity index (χ1n) is 31.4. The van der Waals surface area contributed by atoms with Crippen LogP contribution in [-0.2, 0) is 28.6 Å². The Balaban J connectivity index is 4.40. The molecular formula is C67H118O6. The van der Waals surface area contributed by atoms with Gasteiger partial charge in [0, 0.05) is 19.3 Å². The largest absolute Gasteiger partial charge is 0.462 e. The third kappa shape index (κ3) is 59.6. The van der Waals surface area contributed by atoms with Gasteiger partial charge in [-0.05, 0) is 89.9 Å². The van der Waals surface area contributed by atoms with Crippen LogP contribution in [0.1, 0.15) is 316 Å². The molecule has 0 rings (SSSR count). The molecule has 0 saturated heterocycles. The fraction of sp³-hybridized carbons (Fsp3) is 0.776. The van der Waals surface area contributed by atoms with Crippen LogP contribution in [-0.4, -0.2) is 37.2 Å². The maximum absolute atomic E-state index is 12.9. The molecule has 1 atom stereocenters. The molecule has 0 N–H and O–H groups in total. The minimum Gasteiger partial charge on any atom is -0.462 e. The molecule has 0 spiro atoms. The van der Waals surface area contributed by atoms with E-state index in [9.17, 15) is 14.4 Å². The molecule has 422 valence electrons. The highest BCUT2D eigenvalue weighted by Crippen LogP contribution is 2.16. The Morgan fingerprint density at radius 3 is 0.863 bits per heavy atom. The third-order valence-corrected chi connectivity index (χ3v) is 13.7. The summed E-state index contributed by atoms with van der Waals surface area (Å²) in [5, 5.41) is 0. The van der Waals surface area contributed by atoms with Crippen molar-refractivity contribution in [1.29, 1.82) is 0 Å². The number of esters is 3. The molecule has 6 nitrogen and oxygen atoms in total. The van der Waals surface area contributed by atoms with E-state index in [1.807, 2.05) is 0 Å². The number of hydrogen-bond acceptors (Lipinski definition) is 6. The molecule has 0 aliphatic rings. The summed E-state index contributed by atoms with van der Waals surface area (Å²) in [7, 11) is 0. The van der Waals surface area contributed by atoms with Gasteiger partial charge in [-0.1, -0.05) is 280 Å². The minimum atomic E-state index is -0.793. The smallest absolute Gasteiger partial charge is 0.306 e. The maximum Gasteiger partial charge on any atom is 0.306 e. The molecule has 0 amide bonds. The molecule has 0 fully saturated rings. The van der Waals surface area contributed by atoms with Crippen molar-refractivity contribution in [1.82, 2.24) is 0 Å². The highest BCUT2D eigenvalue weighted by atomic mass is 16.6. The van der Waals surface area contributed by atoms with Gasteiger partial charge in [-0.3, -0.25) is 14.4 Å². The lowest BCUT2D eigenvalue weighted by atomic mass is 10.0. The summed E-state index contributed by atoms with van der Waals surface area (Å²) in [6.07, 6.45) is 79.0. The van der Waals surface area contributed by atoms with E-state index in [0.717, 1.165) is 96.3 Å². The summed E-state index contributed by atoms with van der Waals surface area (Å²) in [4.78, 5) is 38.3. The lowest BCUT2D eigenvalue weighted by molar-refractivity contribution is -0.167. The van der Waals surface area contributed by atoms with Crippen LogP contribution in [0.2, 0.25) is 0 Å². The van der Waals surface area contributed by atoms with Gasteiger partial charge in [0.05, 0.1) is 0 Å². The normalized spacial score (nSPS) is 12.5. The predicted octanol–water partition coefficient (Wildman–Crippen LogP) is 21.3. The average Bonchev–Trinajstić information content (AvgIpc) is 3.39. The van der Waals surface area contributed by atoms with Gasteiger partial charge in [-0.15, -0.1) is 0 Å². The molecular weight excluding hydrogens is 901 g/mol. The number of ether oxygens (including phenoxy) is 3. The van der Waals surface area contributed by atoms with Crippen molar-refractivity contribution in [3.63, 3.8) is 0 Å². The summed E-state index contributed by atoms with van der Waals surface area (Å²) in [6.45, 7) is 6.54. The Morgan fingerprint density at radius 2 is 0.534 bits per heavy atom. The van der Waals surface area contributed by atoms with Gasteiger partial charge >= 0.3 is 17.9 Å². The molecule has 0 aliphatic heterocycles. The Hall–Kier alpha value is -3.15. The SMILES string of the molecule is CC/C=C\C/C=C\C/C=C\C/C=C\C/C=C\CCCCCC(=O)OC(COC(=O)CCCCCCCCCCC/C=C\CCCCCCCCCC)COC(=O)CCCCCCCCCCCCCCCCC. The van der Waals surface area contributed by atoms with E-state index < -0.39 is 6.10 Å². The lowest BCUT2D eigenvalue weighted by Gasteiger charge is -2.18. The number of rotatable bonds is 57. The first-order chi connectivity index (χ1) is 36.0. The minimum absolute atomic E-state index is 0.0866. The van der Waals surface area contributed by atoms with Crippen LogP contribution < -0.4 is 0 Å². The van der Waals surface area contributed by atoms with E-state index in [1.165, 1.54) is 180 Å². The van der Waals surface area contributed by atoms with Gasteiger partial charge in [0.1, 0.15) is 13.2 Å². The van der Waals surface area contributed by atoms with Gasteiger partial charge in [0.25, 0.3) is 0 Å². The first kappa shape index (κ1) is 69.8. The van der Waals surface area contributed by atoms with Gasteiger partial charge in [-0.25, -0.2) is 0 Å². The fourth-order valence-corrected chi connectivity index (χ4v) is 9.00. The molecule has 1 unspecified atom stereocenters. The van der Waals surface area contributed by atoms with Crippen molar-refractivity contribution in [2.24, 2.45) is 0 Å². The van der Waals surface area contributed by atoms with Crippen molar-refractivity contribution in [3.05, 3.63) is 72.9 Å². The third-order valence-electron chi connectivity index (χ3n) is 13.7. The molecule has 6 heteroatoms. The molecule has 73 heavy (non-hydrogen) atoms. The Labute approximate surface area is 453 Å².